The molecule has 134 valence electrons. The van der Waals surface area contributed by atoms with Gasteiger partial charge in [0.25, 0.3) is 0 Å². The summed E-state index contributed by atoms with van der Waals surface area (Å²) in [5.74, 6) is 0.314. The van der Waals surface area contributed by atoms with E-state index in [1.54, 1.807) is 24.3 Å². The molecule has 0 radical (unpaired) electrons. The van der Waals surface area contributed by atoms with Crippen LogP contribution in [0.1, 0.15) is 0 Å². The number of nitrogens with zero attached hydrogens (tertiary/aromatic N) is 1. The normalized spacial score (nSPS) is 11.0. The molecule has 0 fully saturated rings. The van der Waals surface area contributed by atoms with Gasteiger partial charge in [0.15, 0.2) is 0 Å². The van der Waals surface area contributed by atoms with Crippen LogP contribution in [0, 0.1) is 0 Å². The molecule has 0 aliphatic heterocycles. The van der Waals surface area contributed by atoms with E-state index in [9.17, 15) is 13.2 Å². The smallest absolute Gasteiger partial charge is 0.240 e. The van der Waals surface area contributed by atoms with E-state index in [4.69, 9.17) is 4.74 Å². The summed E-state index contributed by atoms with van der Waals surface area (Å²) in [6.45, 7) is 0.296. The highest BCUT2D eigenvalue weighted by molar-refractivity contribution is 9.10. The monoisotopic (exact) mass is 426 g/mol. The van der Waals surface area contributed by atoms with Gasteiger partial charge in [-0.15, -0.1) is 0 Å². The molecule has 2 rings (SSSR count). The third-order valence-electron chi connectivity index (χ3n) is 3.24. The molecular formula is C17H19BrN2O4S. The van der Waals surface area contributed by atoms with Gasteiger partial charge in [0.2, 0.25) is 15.9 Å². The fourth-order valence-electron chi connectivity index (χ4n) is 2.07. The minimum Gasteiger partial charge on any atom is -0.492 e. The van der Waals surface area contributed by atoms with E-state index in [-0.39, 0.29) is 13.1 Å². The minimum absolute atomic E-state index is 0.283. The van der Waals surface area contributed by atoms with E-state index >= 15 is 0 Å². The highest BCUT2D eigenvalue weighted by atomic mass is 79.9. The number of hydrogen-bond acceptors (Lipinski definition) is 4. The van der Waals surface area contributed by atoms with E-state index < -0.39 is 15.9 Å². The van der Waals surface area contributed by atoms with Gasteiger partial charge in [-0.2, -0.15) is 0 Å². The van der Waals surface area contributed by atoms with E-state index in [2.05, 4.69) is 21.2 Å². The molecule has 0 aromatic heterocycles. The summed E-state index contributed by atoms with van der Waals surface area (Å²) in [5, 5.41) is 2.66. The molecule has 0 bridgehead atoms. The zero-order chi connectivity index (χ0) is 18.3. The molecule has 0 saturated carbocycles. The first kappa shape index (κ1) is 19.3. The number of rotatable bonds is 8. The Hall–Kier alpha value is -2.06. The number of carbonyl (C=O) groups excluding carboxylic acids is 1. The Labute approximate surface area is 156 Å². The molecule has 0 heterocycles. The lowest BCUT2D eigenvalue weighted by atomic mass is 10.3. The predicted molar refractivity (Wildman–Crippen MR) is 101 cm³/mol. The molecule has 1 amide bonds. The van der Waals surface area contributed by atoms with E-state index in [1.807, 2.05) is 30.3 Å². The van der Waals surface area contributed by atoms with Crippen LogP contribution < -0.4 is 14.4 Å². The molecule has 25 heavy (non-hydrogen) atoms. The Balaban J connectivity index is 1.88. The number of sulfonamides is 1. The molecule has 1 N–H and O–H groups in total. The van der Waals surface area contributed by atoms with Gasteiger partial charge in [-0.3, -0.25) is 9.10 Å². The van der Waals surface area contributed by atoms with E-state index in [0.29, 0.717) is 18.0 Å². The fourth-order valence-corrected chi connectivity index (χ4v) is 3.19. The van der Waals surface area contributed by atoms with Gasteiger partial charge in [-0.05, 0) is 36.4 Å². The molecule has 0 spiro atoms. The van der Waals surface area contributed by atoms with Crippen LogP contribution in [0.4, 0.5) is 5.69 Å². The summed E-state index contributed by atoms with van der Waals surface area (Å²) in [6, 6.07) is 16.0. The quantitative estimate of drug-likeness (QED) is 0.657. The Kier molecular flexibility index (Phi) is 6.83. The SMILES string of the molecule is CS(=O)(=O)N(CC(=O)NCCOc1ccccc1)c1ccc(Br)cc1. The maximum absolute atomic E-state index is 12.1. The molecule has 2 aromatic carbocycles. The second-order valence-electron chi connectivity index (χ2n) is 5.26. The highest BCUT2D eigenvalue weighted by Crippen LogP contribution is 2.20. The van der Waals surface area contributed by atoms with Crippen molar-refractivity contribution in [3.8, 4) is 5.75 Å². The fraction of sp³-hybridized carbons (Fsp3) is 0.235. The number of halogens is 1. The van der Waals surface area contributed by atoms with Crippen molar-refractivity contribution in [2.24, 2.45) is 0 Å². The van der Waals surface area contributed by atoms with Gasteiger partial charge in [0, 0.05) is 4.47 Å². The van der Waals surface area contributed by atoms with Crippen molar-refractivity contribution in [2.75, 3.05) is 30.3 Å². The number of amides is 1. The van der Waals surface area contributed by atoms with Crippen molar-refractivity contribution in [2.45, 2.75) is 0 Å². The Bertz CT molecular complexity index is 795. The van der Waals surface area contributed by atoms with Gasteiger partial charge < -0.3 is 10.1 Å². The third-order valence-corrected chi connectivity index (χ3v) is 4.91. The van der Waals surface area contributed by atoms with Crippen molar-refractivity contribution < 1.29 is 17.9 Å². The molecule has 8 heteroatoms. The van der Waals surface area contributed by atoms with Gasteiger partial charge in [0.1, 0.15) is 18.9 Å². The number of hydrogen-bond donors (Lipinski definition) is 1. The third kappa shape index (κ3) is 6.39. The summed E-state index contributed by atoms with van der Waals surface area (Å²) in [7, 11) is -3.57. The first-order valence-electron chi connectivity index (χ1n) is 7.54. The summed E-state index contributed by atoms with van der Waals surface area (Å²) >= 11 is 3.30. The molecule has 0 aliphatic carbocycles. The Morgan fingerprint density at radius 3 is 2.36 bits per heavy atom. The molecule has 0 aliphatic rings. The topological polar surface area (TPSA) is 75.7 Å². The van der Waals surface area contributed by atoms with Crippen LogP contribution in [0.3, 0.4) is 0 Å². The largest absolute Gasteiger partial charge is 0.492 e. The van der Waals surface area contributed by atoms with Gasteiger partial charge in [-0.1, -0.05) is 34.1 Å². The lowest BCUT2D eigenvalue weighted by Crippen LogP contribution is -2.41. The minimum atomic E-state index is -3.57. The zero-order valence-corrected chi connectivity index (χ0v) is 16.1. The predicted octanol–water partition coefficient (Wildman–Crippen LogP) is 2.41. The van der Waals surface area contributed by atoms with Crippen LogP contribution in [-0.4, -0.2) is 40.3 Å². The van der Waals surface area contributed by atoms with Crippen LogP contribution in [0.2, 0.25) is 0 Å². The van der Waals surface area contributed by atoms with Crippen molar-refractivity contribution in [1.82, 2.24) is 5.32 Å². The maximum Gasteiger partial charge on any atom is 0.240 e. The number of para-hydroxylation sites is 1. The number of benzene rings is 2. The zero-order valence-electron chi connectivity index (χ0n) is 13.7. The first-order chi connectivity index (χ1) is 11.9. The highest BCUT2D eigenvalue weighted by Gasteiger charge is 2.20. The molecule has 0 saturated heterocycles. The van der Waals surface area contributed by atoms with Crippen molar-refractivity contribution in [3.63, 3.8) is 0 Å². The number of anilines is 1. The average Bonchev–Trinajstić information content (AvgIpc) is 2.57. The number of nitrogens with one attached hydrogen (secondary N) is 1. The number of carbonyl (C=O) groups is 1. The summed E-state index contributed by atoms with van der Waals surface area (Å²) in [5.41, 5.74) is 0.432. The molecule has 2 aromatic rings. The van der Waals surface area contributed by atoms with Crippen molar-refractivity contribution in [1.29, 1.82) is 0 Å². The molecule has 0 unspecified atom stereocenters. The molecule has 6 nitrogen and oxygen atoms in total. The summed E-state index contributed by atoms with van der Waals surface area (Å²) in [4.78, 5) is 12.1. The van der Waals surface area contributed by atoms with Gasteiger partial charge in [-0.25, -0.2) is 8.42 Å². The average molecular weight is 427 g/mol. The van der Waals surface area contributed by atoms with E-state index in [0.717, 1.165) is 15.0 Å². The summed E-state index contributed by atoms with van der Waals surface area (Å²) < 4.78 is 31.3. The van der Waals surface area contributed by atoms with Gasteiger partial charge in [0.05, 0.1) is 18.5 Å². The lowest BCUT2D eigenvalue weighted by Gasteiger charge is -2.22. The number of ether oxygens (including phenoxy) is 1. The standard InChI is InChI=1S/C17H19BrN2O4S/c1-25(22,23)20(15-9-7-14(18)8-10-15)13-17(21)19-11-12-24-16-5-3-2-4-6-16/h2-10H,11-13H2,1H3,(H,19,21). The Morgan fingerprint density at radius 2 is 1.76 bits per heavy atom. The lowest BCUT2D eigenvalue weighted by molar-refractivity contribution is -0.119. The van der Waals surface area contributed by atoms with Crippen LogP contribution in [0.5, 0.6) is 5.75 Å². The molecular weight excluding hydrogens is 408 g/mol. The first-order valence-corrected chi connectivity index (χ1v) is 10.2. The second kappa shape index (κ2) is 8.87. The van der Waals surface area contributed by atoms with Crippen LogP contribution >= 0.6 is 15.9 Å². The second-order valence-corrected chi connectivity index (χ2v) is 8.08. The van der Waals surface area contributed by atoms with Crippen LogP contribution in [0.15, 0.2) is 59.1 Å². The van der Waals surface area contributed by atoms with Crippen LogP contribution in [-0.2, 0) is 14.8 Å². The van der Waals surface area contributed by atoms with Gasteiger partial charge >= 0.3 is 0 Å². The maximum atomic E-state index is 12.1. The summed E-state index contributed by atoms with van der Waals surface area (Å²) in [6.07, 6.45) is 1.07. The van der Waals surface area contributed by atoms with E-state index in [1.165, 1.54) is 0 Å². The van der Waals surface area contributed by atoms with Crippen molar-refractivity contribution >= 4 is 37.5 Å². The van der Waals surface area contributed by atoms with Crippen LogP contribution in [0.25, 0.3) is 0 Å². The van der Waals surface area contributed by atoms with Crippen molar-refractivity contribution in [3.05, 3.63) is 59.1 Å². The Morgan fingerprint density at radius 1 is 1.12 bits per heavy atom. The molecule has 0 atom stereocenters.